The topological polar surface area (TPSA) is 72.6 Å². The SMILES string of the molecule is Cc1nc2nc(C)c(COC(=O)N3CCCC3)c(C)n2n1. The smallest absolute Gasteiger partial charge is 0.410 e. The van der Waals surface area contributed by atoms with Gasteiger partial charge in [0.2, 0.25) is 0 Å². The summed E-state index contributed by atoms with van der Waals surface area (Å²) in [5, 5.41) is 4.31. The zero-order valence-corrected chi connectivity index (χ0v) is 12.6. The standard InChI is InChI=1S/C14H19N5O2/c1-9-12(8-21-14(20)18-6-4-5-7-18)10(2)19-13(15-9)16-11(3)17-19/h4-8H2,1-3H3. The minimum Gasteiger partial charge on any atom is -0.444 e. The molecule has 3 rings (SSSR count). The van der Waals surface area contributed by atoms with E-state index in [9.17, 15) is 4.79 Å². The largest absolute Gasteiger partial charge is 0.444 e. The van der Waals surface area contributed by atoms with Crippen LogP contribution in [-0.4, -0.2) is 43.7 Å². The molecule has 0 aromatic carbocycles. The van der Waals surface area contributed by atoms with Crippen LogP contribution in [0.3, 0.4) is 0 Å². The Labute approximate surface area is 122 Å². The Kier molecular flexibility index (Phi) is 3.48. The number of carbonyl (C=O) groups is 1. The van der Waals surface area contributed by atoms with E-state index in [2.05, 4.69) is 15.1 Å². The first-order chi connectivity index (χ1) is 10.1. The summed E-state index contributed by atoms with van der Waals surface area (Å²) in [6.45, 7) is 7.46. The summed E-state index contributed by atoms with van der Waals surface area (Å²) in [7, 11) is 0. The lowest BCUT2D eigenvalue weighted by Crippen LogP contribution is -2.28. The first-order valence-electron chi connectivity index (χ1n) is 7.17. The maximum absolute atomic E-state index is 12.0. The van der Waals surface area contributed by atoms with Crippen LogP contribution in [0.2, 0.25) is 0 Å². The monoisotopic (exact) mass is 289 g/mol. The maximum Gasteiger partial charge on any atom is 0.410 e. The second-order valence-electron chi connectivity index (χ2n) is 5.38. The van der Waals surface area contributed by atoms with Gasteiger partial charge >= 0.3 is 6.09 Å². The zero-order valence-electron chi connectivity index (χ0n) is 12.6. The van der Waals surface area contributed by atoms with Crippen LogP contribution in [0.1, 0.15) is 35.6 Å². The van der Waals surface area contributed by atoms with Crippen LogP contribution in [0, 0.1) is 20.8 Å². The maximum atomic E-state index is 12.0. The van der Waals surface area contributed by atoms with E-state index in [1.165, 1.54) is 0 Å². The molecule has 1 amide bonds. The molecule has 2 aromatic heterocycles. The molecule has 1 saturated heterocycles. The van der Waals surface area contributed by atoms with Crippen LogP contribution >= 0.6 is 0 Å². The molecule has 3 heterocycles. The molecule has 0 radical (unpaired) electrons. The van der Waals surface area contributed by atoms with Crippen molar-refractivity contribution in [2.75, 3.05) is 13.1 Å². The lowest BCUT2D eigenvalue weighted by atomic mass is 10.2. The normalized spacial score (nSPS) is 14.9. The van der Waals surface area contributed by atoms with Crippen molar-refractivity contribution in [3.05, 3.63) is 22.8 Å². The third-order valence-corrected chi connectivity index (χ3v) is 3.86. The molecule has 0 N–H and O–H groups in total. The molecular formula is C14H19N5O2. The summed E-state index contributed by atoms with van der Waals surface area (Å²) in [5.74, 6) is 1.26. The van der Waals surface area contributed by atoms with Crippen LogP contribution in [0.25, 0.3) is 5.78 Å². The Morgan fingerprint density at radius 3 is 2.62 bits per heavy atom. The molecule has 0 unspecified atom stereocenters. The number of carbonyl (C=O) groups excluding carboxylic acids is 1. The van der Waals surface area contributed by atoms with Crippen molar-refractivity contribution >= 4 is 11.9 Å². The van der Waals surface area contributed by atoms with Gasteiger partial charge in [-0.3, -0.25) is 0 Å². The molecular weight excluding hydrogens is 270 g/mol. The minimum atomic E-state index is -0.249. The van der Waals surface area contributed by atoms with Gasteiger partial charge in [-0.15, -0.1) is 0 Å². The Hall–Kier alpha value is -2.18. The Bertz CT molecular complexity index is 688. The highest BCUT2D eigenvalue weighted by molar-refractivity contribution is 5.68. The average Bonchev–Trinajstić information content (AvgIpc) is 3.07. The Morgan fingerprint density at radius 1 is 1.19 bits per heavy atom. The summed E-state index contributed by atoms with van der Waals surface area (Å²) < 4.78 is 7.11. The van der Waals surface area contributed by atoms with E-state index in [-0.39, 0.29) is 12.7 Å². The second kappa shape index (κ2) is 5.31. The van der Waals surface area contributed by atoms with Crippen molar-refractivity contribution in [3.63, 3.8) is 0 Å². The number of amides is 1. The van der Waals surface area contributed by atoms with Crippen molar-refractivity contribution in [2.24, 2.45) is 0 Å². The molecule has 7 heteroatoms. The summed E-state index contributed by atoms with van der Waals surface area (Å²) in [5.41, 5.74) is 2.62. The van der Waals surface area contributed by atoms with E-state index in [4.69, 9.17) is 4.74 Å². The lowest BCUT2D eigenvalue weighted by molar-refractivity contribution is 0.104. The average molecular weight is 289 g/mol. The van der Waals surface area contributed by atoms with Gasteiger partial charge in [0.15, 0.2) is 0 Å². The van der Waals surface area contributed by atoms with Gasteiger partial charge in [0.05, 0.1) is 5.69 Å². The number of aromatic nitrogens is 4. The summed E-state index contributed by atoms with van der Waals surface area (Å²) in [4.78, 5) is 22.4. The number of hydrogen-bond acceptors (Lipinski definition) is 5. The Morgan fingerprint density at radius 2 is 1.90 bits per heavy atom. The van der Waals surface area contributed by atoms with E-state index in [1.807, 2.05) is 20.8 Å². The summed E-state index contributed by atoms with van der Waals surface area (Å²) >= 11 is 0. The van der Waals surface area contributed by atoms with Gasteiger partial charge in [-0.2, -0.15) is 10.1 Å². The first kappa shape index (κ1) is 13.8. The van der Waals surface area contributed by atoms with Gasteiger partial charge in [0.1, 0.15) is 12.4 Å². The van der Waals surface area contributed by atoms with Crippen molar-refractivity contribution in [3.8, 4) is 0 Å². The number of ether oxygens (including phenoxy) is 1. The highest BCUT2D eigenvalue weighted by atomic mass is 16.6. The molecule has 0 aliphatic carbocycles. The highest BCUT2D eigenvalue weighted by Gasteiger charge is 2.20. The van der Waals surface area contributed by atoms with E-state index in [0.29, 0.717) is 11.6 Å². The molecule has 1 aliphatic heterocycles. The second-order valence-corrected chi connectivity index (χ2v) is 5.38. The predicted octanol–water partition coefficient (Wildman–Crippen LogP) is 1.78. The van der Waals surface area contributed by atoms with Gasteiger partial charge < -0.3 is 9.64 Å². The van der Waals surface area contributed by atoms with E-state index < -0.39 is 0 Å². The molecule has 1 aliphatic rings. The number of fused-ring (bicyclic) bond motifs is 1. The van der Waals surface area contributed by atoms with E-state index in [1.54, 1.807) is 9.42 Å². The number of rotatable bonds is 2. The van der Waals surface area contributed by atoms with Gasteiger partial charge in [-0.25, -0.2) is 14.3 Å². The number of likely N-dealkylation sites (tertiary alicyclic amines) is 1. The molecule has 7 nitrogen and oxygen atoms in total. The summed E-state index contributed by atoms with van der Waals surface area (Å²) in [6.07, 6.45) is 1.86. The number of hydrogen-bond donors (Lipinski definition) is 0. The van der Waals surface area contributed by atoms with Gasteiger partial charge in [-0.05, 0) is 33.6 Å². The van der Waals surface area contributed by atoms with Gasteiger partial charge in [0.25, 0.3) is 5.78 Å². The minimum absolute atomic E-state index is 0.217. The van der Waals surface area contributed by atoms with E-state index >= 15 is 0 Å². The first-order valence-corrected chi connectivity index (χ1v) is 7.17. The zero-order chi connectivity index (χ0) is 15.0. The number of aryl methyl sites for hydroxylation is 3. The fourth-order valence-electron chi connectivity index (χ4n) is 2.64. The van der Waals surface area contributed by atoms with Crippen molar-refractivity contribution in [1.29, 1.82) is 0 Å². The molecule has 0 saturated carbocycles. The fraction of sp³-hybridized carbons (Fsp3) is 0.571. The van der Waals surface area contributed by atoms with E-state index in [0.717, 1.165) is 42.9 Å². The molecule has 112 valence electrons. The van der Waals surface area contributed by atoms with Gasteiger partial charge in [0, 0.05) is 24.3 Å². The third-order valence-electron chi connectivity index (χ3n) is 3.86. The quantitative estimate of drug-likeness (QED) is 0.842. The highest BCUT2D eigenvalue weighted by Crippen LogP contribution is 2.16. The molecule has 0 bridgehead atoms. The predicted molar refractivity (Wildman–Crippen MR) is 76.0 cm³/mol. The van der Waals surface area contributed by atoms with Crippen molar-refractivity contribution in [2.45, 2.75) is 40.2 Å². The van der Waals surface area contributed by atoms with Crippen LogP contribution in [0.15, 0.2) is 0 Å². The van der Waals surface area contributed by atoms with Crippen LogP contribution in [-0.2, 0) is 11.3 Å². The fourth-order valence-corrected chi connectivity index (χ4v) is 2.64. The van der Waals surface area contributed by atoms with Crippen LogP contribution in [0.5, 0.6) is 0 Å². The molecule has 2 aromatic rings. The number of nitrogens with zero attached hydrogens (tertiary/aromatic N) is 5. The molecule has 1 fully saturated rings. The van der Waals surface area contributed by atoms with Gasteiger partial charge in [-0.1, -0.05) is 0 Å². The van der Waals surface area contributed by atoms with Crippen molar-refractivity contribution in [1.82, 2.24) is 24.5 Å². The van der Waals surface area contributed by atoms with Crippen molar-refractivity contribution < 1.29 is 9.53 Å². The molecule has 0 atom stereocenters. The third kappa shape index (κ3) is 2.55. The van der Waals surface area contributed by atoms with Crippen LogP contribution < -0.4 is 0 Å². The Balaban J connectivity index is 1.81. The lowest BCUT2D eigenvalue weighted by Gasteiger charge is -2.16. The summed E-state index contributed by atoms with van der Waals surface area (Å²) in [6, 6.07) is 0. The molecule has 0 spiro atoms. The van der Waals surface area contributed by atoms with Crippen LogP contribution in [0.4, 0.5) is 4.79 Å². The molecule has 21 heavy (non-hydrogen) atoms.